The molecular formula is C12H21N3O. The minimum atomic E-state index is 0.000151. The Labute approximate surface area is 96.7 Å². The highest BCUT2D eigenvalue weighted by molar-refractivity contribution is 5.06. The van der Waals surface area contributed by atoms with E-state index in [9.17, 15) is 5.11 Å². The molecule has 4 nitrogen and oxygen atoms in total. The molecule has 1 aliphatic carbocycles. The molecule has 1 unspecified atom stereocenters. The third kappa shape index (κ3) is 2.44. The number of aliphatic hydroxyl groups excluding tert-OH is 1. The summed E-state index contributed by atoms with van der Waals surface area (Å²) in [6.07, 6.45) is 5.28. The van der Waals surface area contributed by atoms with Crippen LogP contribution in [0.4, 0.5) is 0 Å². The fraction of sp³-hybridized carbons (Fsp3) is 0.750. The second-order valence-electron chi connectivity index (χ2n) is 4.84. The van der Waals surface area contributed by atoms with Crippen LogP contribution in [-0.2, 0) is 6.54 Å². The molecule has 90 valence electrons. The van der Waals surface area contributed by atoms with Gasteiger partial charge >= 0.3 is 0 Å². The molecule has 1 aliphatic rings. The van der Waals surface area contributed by atoms with Crippen molar-refractivity contribution in [3.8, 4) is 0 Å². The topological polar surface area (TPSA) is 50.1 Å². The molecule has 0 aromatic carbocycles. The van der Waals surface area contributed by atoms with Gasteiger partial charge in [-0.1, -0.05) is 6.92 Å². The monoisotopic (exact) mass is 223 g/mol. The van der Waals surface area contributed by atoms with Crippen molar-refractivity contribution in [1.82, 2.24) is 15.1 Å². The van der Waals surface area contributed by atoms with Crippen LogP contribution in [0.5, 0.6) is 0 Å². The minimum Gasteiger partial charge on any atom is -0.394 e. The first-order valence-corrected chi connectivity index (χ1v) is 6.09. The molecular weight excluding hydrogens is 202 g/mol. The summed E-state index contributed by atoms with van der Waals surface area (Å²) in [5.74, 6) is 0. The normalized spacial score (nSPS) is 19.7. The van der Waals surface area contributed by atoms with Gasteiger partial charge in [0.2, 0.25) is 0 Å². The van der Waals surface area contributed by atoms with E-state index in [1.807, 2.05) is 16.9 Å². The van der Waals surface area contributed by atoms with E-state index in [0.29, 0.717) is 6.04 Å². The first kappa shape index (κ1) is 11.6. The summed E-state index contributed by atoms with van der Waals surface area (Å²) in [5, 5.41) is 17.1. The third-order valence-corrected chi connectivity index (χ3v) is 3.51. The molecule has 0 aliphatic heterocycles. The van der Waals surface area contributed by atoms with E-state index in [-0.39, 0.29) is 12.1 Å². The van der Waals surface area contributed by atoms with E-state index in [4.69, 9.17) is 0 Å². The number of rotatable bonds is 6. The van der Waals surface area contributed by atoms with Crippen molar-refractivity contribution in [3.63, 3.8) is 0 Å². The molecule has 0 spiro atoms. The van der Waals surface area contributed by atoms with Crippen molar-refractivity contribution in [2.75, 3.05) is 6.61 Å². The number of nitrogens with one attached hydrogen (secondary N) is 1. The molecule has 1 saturated carbocycles. The van der Waals surface area contributed by atoms with E-state index in [1.54, 1.807) is 0 Å². The van der Waals surface area contributed by atoms with Gasteiger partial charge in [-0.2, -0.15) is 5.10 Å². The first-order valence-electron chi connectivity index (χ1n) is 6.09. The third-order valence-electron chi connectivity index (χ3n) is 3.51. The Hall–Kier alpha value is -0.870. The molecule has 0 radical (unpaired) electrons. The van der Waals surface area contributed by atoms with Crippen LogP contribution < -0.4 is 5.32 Å². The molecule has 1 aromatic rings. The van der Waals surface area contributed by atoms with Gasteiger partial charge < -0.3 is 10.4 Å². The fourth-order valence-corrected chi connectivity index (χ4v) is 1.72. The van der Waals surface area contributed by atoms with E-state index < -0.39 is 0 Å². The molecule has 2 N–H and O–H groups in total. The van der Waals surface area contributed by atoms with Crippen molar-refractivity contribution < 1.29 is 5.11 Å². The zero-order valence-electron chi connectivity index (χ0n) is 10.1. The SMILES string of the molecule is CCC(C)n1ccc(CNC2(CO)CC2)n1. The maximum atomic E-state index is 9.18. The van der Waals surface area contributed by atoms with Gasteiger partial charge in [0.05, 0.1) is 12.3 Å². The van der Waals surface area contributed by atoms with Gasteiger partial charge in [0.15, 0.2) is 0 Å². The number of aromatic nitrogens is 2. The summed E-state index contributed by atoms with van der Waals surface area (Å²) < 4.78 is 2.01. The van der Waals surface area contributed by atoms with Crippen molar-refractivity contribution in [2.24, 2.45) is 0 Å². The maximum Gasteiger partial charge on any atom is 0.0762 e. The van der Waals surface area contributed by atoms with Crippen LogP contribution in [0.25, 0.3) is 0 Å². The summed E-state index contributed by atoms with van der Waals surface area (Å²) in [4.78, 5) is 0. The van der Waals surface area contributed by atoms with Crippen molar-refractivity contribution in [3.05, 3.63) is 18.0 Å². The minimum absolute atomic E-state index is 0.000151. The lowest BCUT2D eigenvalue weighted by Crippen LogP contribution is -2.34. The Bertz CT molecular complexity index is 344. The zero-order valence-corrected chi connectivity index (χ0v) is 10.1. The summed E-state index contributed by atoms with van der Waals surface area (Å²) in [6, 6.07) is 2.51. The van der Waals surface area contributed by atoms with Crippen molar-refractivity contribution >= 4 is 0 Å². The number of nitrogens with zero attached hydrogens (tertiary/aromatic N) is 2. The van der Waals surface area contributed by atoms with Gasteiger partial charge in [0, 0.05) is 24.3 Å². The molecule has 1 aromatic heterocycles. The van der Waals surface area contributed by atoms with Crippen LogP contribution in [0, 0.1) is 0 Å². The fourth-order valence-electron chi connectivity index (χ4n) is 1.72. The maximum absolute atomic E-state index is 9.18. The highest BCUT2D eigenvalue weighted by atomic mass is 16.3. The van der Waals surface area contributed by atoms with Gasteiger partial charge in [0.1, 0.15) is 0 Å². The van der Waals surface area contributed by atoms with E-state index in [0.717, 1.165) is 31.5 Å². The molecule has 1 atom stereocenters. The summed E-state index contributed by atoms with van der Waals surface area (Å²) >= 11 is 0. The predicted molar refractivity (Wildman–Crippen MR) is 63.1 cm³/mol. The Kier molecular flexibility index (Phi) is 3.30. The highest BCUT2D eigenvalue weighted by Crippen LogP contribution is 2.34. The lowest BCUT2D eigenvalue weighted by molar-refractivity contribution is 0.229. The number of hydrogen-bond donors (Lipinski definition) is 2. The lowest BCUT2D eigenvalue weighted by Gasteiger charge is -2.13. The van der Waals surface area contributed by atoms with Gasteiger partial charge in [-0.25, -0.2) is 0 Å². The van der Waals surface area contributed by atoms with Gasteiger partial charge in [-0.3, -0.25) is 4.68 Å². The van der Waals surface area contributed by atoms with E-state index >= 15 is 0 Å². The quantitative estimate of drug-likeness (QED) is 0.768. The molecule has 0 amide bonds. The Morgan fingerprint density at radius 3 is 2.94 bits per heavy atom. The van der Waals surface area contributed by atoms with Gasteiger partial charge in [0.25, 0.3) is 0 Å². The highest BCUT2D eigenvalue weighted by Gasteiger charge is 2.41. The van der Waals surface area contributed by atoms with Crippen LogP contribution in [0.15, 0.2) is 12.3 Å². The van der Waals surface area contributed by atoms with Crippen molar-refractivity contribution in [2.45, 2.75) is 51.2 Å². The first-order chi connectivity index (χ1) is 7.69. The van der Waals surface area contributed by atoms with Crippen LogP contribution in [0.1, 0.15) is 44.8 Å². The summed E-state index contributed by atoms with van der Waals surface area (Å²) in [5.41, 5.74) is 1.06. The molecule has 0 bridgehead atoms. The van der Waals surface area contributed by atoms with Crippen molar-refractivity contribution in [1.29, 1.82) is 0 Å². The Morgan fingerprint density at radius 2 is 2.38 bits per heavy atom. The summed E-state index contributed by atoms with van der Waals surface area (Å²) in [7, 11) is 0. The van der Waals surface area contributed by atoms with Gasteiger partial charge in [-0.15, -0.1) is 0 Å². The molecule has 4 heteroatoms. The van der Waals surface area contributed by atoms with E-state index in [2.05, 4.69) is 24.3 Å². The van der Waals surface area contributed by atoms with Crippen LogP contribution >= 0.6 is 0 Å². The molecule has 2 rings (SSSR count). The molecule has 0 saturated heterocycles. The zero-order chi connectivity index (χ0) is 11.6. The van der Waals surface area contributed by atoms with E-state index in [1.165, 1.54) is 0 Å². The smallest absolute Gasteiger partial charge is 0.0762 e. The lowest BCUT2D eigenvalue weighted by atomic mass is 10.3. The standard InChI is InChI=1S/C12H21N3O/c1-3-10(2)15-7-4-11(14-15)8-13-12(9-16)5-6-12/h4,7,10,13,16H,3,5-6,8-9H2,1-2H3. The Morgan fingerprint density at radius 1 is 1.62 bits per heavy atom. The average Bonchev–Trinajstić information content (AvgIpc) is 2.95. The second kappa shape index (κ2) is 4.55. The molecule has 1 heterocycles. The Balaban J connectivity index is 1.88. The van der Waals surface area contributed by atoms with Gasteiger partial charge in [-0.05, 0) is 32.3 Å². The second-order valence-corrected chi connectivity index (χ2v) is 4.84. The molecule has 16 heavy (non-hydrogen) atoms. The predicted octanol–water partition coefficient (Wildman–Crippen LogP) is 1.47. The average molecular weight is 223 g/mol. The molecule has 1 fully saturated rings. The summed E-state index contributed by atoms with van der Waals surface area (Å²) in [6.45, 7) is 5.32. The number of aliphatic hydroxyl groups is 1. The van der Waals surface area contributed by atoms with Crippen LogP contribution in [-0.4, -0.2) is 27.0 Å². The van der Waals surface area contributed by atoms with Crippen LogP contribution in [0.2, 0.25) is 0 Å². The van der Waals surface area contributed by atoms with Crippen LogP contribution in [0.3, 0.4) is 0 Å². The number of hydrogen-bond acceptors (Lipinski definition) is 3. The largest absolute Gasteiger partial charge is 0.394 e.